The lowest BCUT2D eigenvalue weighted by Gasteiger charge is -2.26. The largest absolute Gasteiger partial charge is 0.480 e. The summed E-state index contributed by atoms with van der Waals surface area (Å²) in [6.45, 7) is 5.95. The van der Waals surface area contributed by atoms with E-state index in [-0.39, 0.29) is 11.7 Å². The van der Waals surface area contributed by atoms with Gasteiger partial charge in [-0.3, -0.25) is 14.4 Å². The van der Waals surface area contributed by atoms with Crippen LogP contribution in [0.15, 0.2) is 0 Å². The fraction of sp³-hybridized carbons (Fsp3) is 0.733. The van der Waals surface area contributed by atoms with E-state index in [0.717, 1.165) is 0 Å². The van der Waals surface area contributed by atoms with Gasteiger partial charge in [-0.2, -0.15) is 12.6 Å². The predicted octanol–water partition coefficient (Wildman–Crippen LogP) is -2.16. The molecule has 0 fully saturated rings. The molecule has 5 unspecified atom stereocenters. The summed E-state index contributed by atoms with van der Waals surface area (Å²) in [7, 11) is 0. The topological polar surface area (TPSA) is 171 Å². The number of hydrogen-bond acceptors (Lipinski definition) is 7. The summed E-state index contributed by atoms with van der Waals surface area (Å²) in [5, 5.41) is 25.8. The number of carbonyl (C=O) groups is 4. The van der Waals surface area contributed by atoms with Gasteiger partial charge in [-0.1, -0.05) is 13.8 Å². The van der Waals surface area contributed by atoms with Gasteiger partial charge in [0.25, 0.3) is 0 Å². The van der Waals surface area contributed by atoms with E-state index in [0.29, 0.717) is 0 Å². The van der Waals surface area contributed by atoms with Crippen LogP contribution in [-0.2, 0) is 19.2 Å². The molecule has 0 aliphatic carbocycles. The van der Waals surface area contributed by atoms with Crippen molar-refractivity contribution in [1.82, 2.24) is 16.0 Å². The average molecular weight is 392 g/mol. The molecule has 0 heterocycles. The van der Waals surface area contributed by atoms with Crippen LogP contribution in [0.1, 0.15) is 27.7 Å². The van der Waals surface area contributed by atoms with E-state index < -0.39 is 54.0 Å². The normalized spacial score (nSPS) is 16.8. The molecule has 11 heteroatoms. The van der Waals surface area contributed by atoms with Crippen LogP contribution in [0.3, 0.4) is 0 Å². The summed E-state index contributed by atoms with van der Waals surface area (Å²) < 4.78 is 0. The summed E-state index contributed by atoms with van der Waals surface area (Å²) in [5.41, 5.74) is 5.41. The van der Waals surface area contributed by atoms with Crippen LogP contribution in [-0.4, -0.2) is 69.9 Å². The van der Waals surface area contributed by atoms with Crippen molar-refractivity contribution in [3.05, 3.63) is 0 Å². The molecule has 0 aromatic carbocycles. The molecule has 0 aliphatic heterocycles. The van der Waals surface area contributed by atoms with Gasteiger partial charge in [0.1, 0.15) is 18.1 Å². The van der Waals surface area contributed by atoms with Gasteiger partial charge in [-0.05, 0) is 19.8 Å². The van der Waals surface area contributed by atoms with Crippen molar-refractivity contribution in [2.24, 2.45) is 11.7 Å². The highest BCUT2D eigenvalue weighted by molar-refractivity contribution is 7.80. The first kappa shape index (κ1) is 24.1. The highest BCUT2D eigenvalue weighted by Gasteiger charge is 2.32. The Bertz CT molecular complexity index is 526. The van der Waals surface area contributed by atoms with Crippen molar-refractivity contribution in [2.75, 3.05) is 5.75 Å². The number of aliphatic hydroxyl groups excluding tert-OH is 1. The van der Waals surface area contributed by atoms with Crippen LogP contribution in [0.4, 0.5) is 0 Å². The quantitative estimate of drug-likeness (QED) is 0.207. The number of aliphatic hydroxyl groups is 1. The Morgan fingerprint density at radius 2 is 1.42 bits per heavy atom. The van der Waals surface area contributed by atoms with Crippen LogP contribution in [0.2, 0.25) is 0 Å². The number of carboxylic acid groups (broad SMARTS) is 1. The van der Waals surface area contributed by atoms with Gasteiger partial charge in [0.15, 0.2) is 0 Å². The maximum absolute atomic E-state index is 12.3. The summed E-state index contributed by atoms with van der Waals surface area (Å²) in [4.78, 5) is 47.4. The Kier molecular flexibility index (Phi) is 10.2. The molecule has 3 amide bonds. The number of carbonyl (C=O) groups excluding carboxylic acids is 3. The standard InChI is InChI=1S/C15H28N4O6S/c1-6(2)10(15(24)25)18-13(22)9(5-26)17-14(23)11(8(4)20)19-12(21)7(3)16/h6-11,20,26H,5,16H2,1-4H3,(H,17,23)(H,18,22)(H,19,21)(H,24,25). The first-order valence-corrected chi connectivity index (χ1v) is 8.74. The lowest BCUT2D eigenvalue weighted by atomic mass is 10.0. The molecule has 0 saturated carbocycles. The zero-order valence-electron chi connectivity index (χ0n) is 15.2. The second kappa shape index (κ2) is 11.0. The lowest BCUT2D eigenvalue weighted by Crippen LogP contribution is -2.60. The fourth-order valence-corrected chi connectivity index (χ4v) is 2.17. The van der Waals surface area contributed by atoms with Crippen molar-refractivity contribution in [3.63, 3.8) is 0 Å². The average Bonchev–Trinajstić information content (AvgIpc) is 2.53. The van der Waals surface area contributed by atoms with Crippen molar-refractivity contribution < 1.29 is 29.4 Å². The molecule has 5 atom stereocenters. The van der Waals surface area contributed by atoms with E-state index in [1.807, 2.05) is 0 Å². The highest BCUT2D eigenvalue weighted by Crippen LogP contribution is 2.03. The Morgan fingerprint density at radius 3 is 1.77 bits per heavy atom. The molecule has 0 rings (SSSR count). The molecule has 26 heavy (non-hydrogen) atoms. The molecule has 0 aromatic heterocycles. The monoisotopic (exact) mass is 392 g/mol. The summed E-state index contributed by atoms with van der Waals surface area (Å²) in [6, 6.07) is -4.51. The van der Waals surface area contributed by atoms with Gasteiger partial charge in [0, 0.05) is 5.75 Å². The molecule has 0 saturated heterocycles. The third kappa shape index (κ3) is 7.58. The number of amides is 3. The second-order valence-corrected chi connectivity index (χ2v) is 6.69. The lowest BCUT2D eigenvalue weighted by molar-refractivity contribution is -0.143. The van der Waals surface area contributed by atoms with Crippen LogP contribution < -0.4 is 21.7 Å². The van der Waals surface area contributed by atoms with Crippen LogP contribution in [0.5, 0.6) is 0 Å². The number of aliphatic carboxylic acids is 1. The zero-order chi connectivity index (χ0) is 20.6. The van der Waals surface area contributed by atoms with Gasteiger partial charge in [-0.25, -0.2) is 4.79 Å². The van der Waals surface area contributed by atoms with E-state index in [1.54, 1.807) is 13.8 Å². The van der Waals surface area contributed by atoms with Gasteiger partial charge in [0.2, 0.25) is 17.7 Å². The Labute approximate surface area is 157 Å². The maximum Gasteiger partial charge on any atom is 0.326 e. The van der Waals surface area contributed by atoms with Crippen molar-refractivity contribution >= 4 is 36.3 Å². The summed E-state index contributed by atoms with van der Waals surface area (Å²) >= 11 is 3.99. The molecule has 10 nitrogen and oxygen atoms in total. The number of nitrogens with two attached hydrogens (primary N) is 1. The zero-order valence-corrected chi connectivity index (χ0v) is 16.1. The van der Waals surface area contributed by atoms with E-state index in [9.17, 15) is 24.3 Å². The molecule has 0 aromatic rings. The number of rotatable bonds is 10. The van der Waals surface area contributed by atoms with Gasteiger partial charge in [0.05, 0.1) is 12.1 Å². The minimum absolute atomic E-state index is 0.115. The number of hydrogen-bond donors (Lipinski definition) is 7. The third-order valence-corrected chi connectivity index (χ3v) is 3.89. The molecule has 0 spiro atoms. The molecular weight excluding hydrogens is 364 g/mol. The number of carboxylic acids is 1. The minimum atomic E-state index is -1.33. The van der Waals surface area contributed by atoms with Gasteiger partial charge >= 0.3 is 5.97 Å². The fourth-order valence-electron chi connectivity index (χ4n) is 1.91. The van der Waals surface area contributed by atoms with Crippen molar-refractivity contribution in [2.45, 2.75) is 58.0 Å². The maximum atomic E-state index is 12.3. The van der Waals surface area contributed by atoms with E-state index in [1.165, 1.54) is 13.8 Å². The van der Waals surface area contributed by atoms with Crippen LogP contribution in [0.25, 0.3) is 0 Å². The minimum Gasteiger partial charge on any atom is -0.480 e. The predicted molar refractivity (Wildman–Crippen MR) is 97.4 cm³/mol. The van der Waals surface area contributed by atoms with Gasteiger partial charge in [-0.15, -0.1) is 0 Å². The van der Waals surface area contributed by atoms with Crippen LogP contribution in [0, 0.1) is 5.92 Å². The third-order valence-electron chi connectivity index (χ3n) is 3.52. The van der Waals surface area contributed by atoms with Crippen LogP contribution >= 0.6 is 12.6 Å². The molecule has 7 N–H and O–H groups in total. The molecule has 0 bridgehead atoms. The molecular formula is C15H28N4O6S. The summed E-state index contributed by atoms with van der Waals surface area (Å²) in [6.07, 6.45) is -1.25. The SMILES string of the molecule is CC(N)C(=O)NC(C(=O)NC(CS)C(=O)NC(C(=O)O)C(C)C)C(C)O. The van der Waals surface area contributed by atoms with E-state index in [4.69, 9.17) is 10.8 Å². The Balaban J connectivity index is 5.10. The van der Waals surface area contributed by atoms with E-state index in [2.05, 4.69) is 28.6 Å². The van der Waals surface area contributed by atoms with Crippen molar-refractivity contribution in [3.8, 4) is 0 Å². The number of thiol groups is 1. The van der Waals surface area contributed by atoms with Gasteiger partial charge < -0.3 is 31.9 Å². The summed E-state index contributed by atoms with van der Waals surface area (Å²) in [5.74, 6) is -3.90. The highest BCUT2D eigenvalue weighted by atomic mass is 32.1. The smallest absolute Gasteiger partial charge is 0.326 e. The second-order valence-electron chi connectivity index (χ2n) is 6.33. The Hall–Kier alpha value is -1.85. The molecule has 150 valence electrons. The Morgan fingerprint density at radius 1 is 0.923 bits per heavy atom. The van der Waals surface area contributed by atoms with Crippen molar-refractivity contribution in [1.29, 1.82) is 0 Å². The first-order valence-electron chi connectivity index (χ1n) is 8.10. The first-order chi connectivity index (χ1) is 11.9. The number of nitrogens with one attached hydrogen (secondary N) is 3. The van der Waals surface area contributed by atoms with E-state index >= 15 is 0 Å². The molecule has 0 aliphatic rings. The molecule has 0 radical (unpaired) electrons.